The molecule has 5 heteroatoms. The van der Waals surface area contributed by atoms with E-state index in [0.29, 0.717) is 24.0 Å². The lowest BCUT2D eigenvalue weighted by atomic mass is 9.46. The Morgan fingerprint density at radius 3 is 2.89 bits per heavy atom. The highest BCUT2D eigenvalue weighted by Gasteiger charge is 2.72. The van der Waals surface area contributed by atoms with E-state index in [1.807, 2.05) is 0 Å². The number of carbonyl (C=O) groups excluding carboxylic acids is 2. The zero-order valence-electron chi connectivity index (χ0n) is 16.9. The molecule has 1 aromatic carbocycles. The SMILES string of the molecule is COc1ccc2c(c1)CC[C@@H]1[C@@H]2CC[C@]2(C)C(=O)C[C@H]3OC(NC(C)=O)C[C@]132. The van der Waals surface area contributed by atoms with Crippen LogP contribution in [-0.4, -0.2) is 31.1 Å². The molecule has 6 atom stereocenters. The standard InChI is InChI=1S/C23H29NO4/c1-13(25)24-21-12-23-18-7-4-14-10-15(27-3)5-6-16(14)17(18)8-9-22(23,2)19(26)11-20(23)28-21/h5-6,10,17-18,20-21H,4,7-9,11-12H2,1-3H3,(H,24,25)/t17-,18-,20-,21?,22-,23+/m1/s1. The van der Waals surface area contributed by atoms with Gasteiger partial charge in [0.2, 0.25) is 5.91 Å². The minimum absolute atomic E-state index is 0.0668. The van der Waals surface area contributed by atoms with Crippen molar-refractivity contribution in [2.45, 2.75) is 70.6 Å². The number of Topliss-reactive ketones (excluding diaryl/α,β-unsaturated/α-hetero) is 1. The van der Waals surface area contributed by atoms with Crippen LogP contribution in [0.15, 0.2) is 18.2 Å². The molecule has 1 aromatic rings. The Kier molecular flexibility index (Phi) is 3.93. The van der Waals surface area contributed by atoms with Crippen LogP contribution in [0.25, 0.3) is 0 Å². The van der Waals surface area contributed by atoms with Crippen molar-refractivity contribution in [1.82, 2.24) is 5.32 Å². The van der Waals surface area contributed by atoms with Crippen LogP contribution in [0.1, 0.15) is 63.0 Å². The first-order valence-electron chi connectivity index (χ1n) is 10.5. The molecule has 0 bridgehead atoms. The van der Waals surface area contributed by atoms with Crippen LogP contribution < -0.4 is 10.1 Å². The molecule has 1 spiro atoms. The second-order valence-corrected chi connectivity index (χ2v) is 9.37. The third kappa shape index (κ3) is 2.23. The second-order valence-electron chi connectivity index (χ2n) is 9.37. The van der Waals surface area contributed by atoms with Gasteiger partial charge >= 0.3 is 0 Å². The highest BCUT2D eigenvalue weighted by Crippen LogP contribution is 2.71. The van der Waals surface area contributed by atoms with E-state index in [4.69, 9.17) is 9.47 Å². The van der Waals surface area contributed by atoms with Crippen LogP contribution in [0.5, 0.6) is 5.75 Å². The lowest BCUT2D eigenvalue weighted by molar-refractivity contribution is -0.137. The van der Waals surface area contributed by atoms with Crippen LogP contribution in [-0.2, 0) is 20.7 Å². The summed E-state index contributed by atoms with van der Waals surface area (Å²) in [5, 5.41) is 2.97. The molecule has 150 valence electrons. The fraction of sp³-hybridized carbons (Fsp3) is 0.652. The van der Waals surface area contributed by atoms with E-state index in [-0.39, 0.29) is 29.1 Å². The highest BCUT2D eigenvalue weighted by molar-refractivity contribution is 5.89. The maximum absolute atomic E-state index is 13.1. The molecule has 0 radical (unpaired) electrons. The van der Waals surface area contributed by atoms with Gasteiger partial charge in [-0.3, -0.25) is 9.59 Å². The third-order valence-electron chi connectivity index (χ3n) is 8.38. The predicted molar refractivity (Wildman–Crippen MR) is 104 cm³/mol. The molecule has 5 rings (SSSR count). The summed E-state index contributed by atoms with van der Waals surface area (Å²) in [5.74, 6) is 2.08. The number of ketones is 1. The summed E-state index contributed by atoms with van der Waals surface area (Å²) in [6.07, 6.45) is 4.94. The van der Waals surface area contributed by atoms with E-state index in [0.717, 1.165) is 37.9 Å². The van der Waals surface area contributed by atoms with Crippen molar-refractivity contribution in [3.63, 3.8) is 0 Å². The van der Waals surface area contributed by atoms with Gasteiger partial charge in [0.1, 0.15) is 17.8 Å². The lowest BCUT2D eigenvalue weighted by Gasteiger charge is -2.56. The smallest absolute Gasteiger partial charge is 0.218 e. The summed E-state index contributed by atoms with van der Waals surface area (Å²) in [6, 6.07) is 6.48. The van der Waals surface area contributed by atoms with E-state index in [2.05, 4.69) is 30.4 Å². The zero-order chi connectivity index (χ0) is 19.7. The summed E-state index contributed by atoms with van der Waals surface area (Å²) in [4.78, 5) is 24.7. The molecular weight excluding hydrogens is 354 g/mol. The third-order valence-corrected chi connectivity index (χ3v) is 8.38. The molecule has 1 aliphatic heterocycles. The van der Waals surface area contributed by atoms with Gasteiger partial charge in [-0.1, -0.05) is 13.0 Å². The van der Waals surface area contributed by atoms with Crippen LogP contribution in [0.4, 0.5) is 0 Å². The largest absolute Gasteiger partial charge is 0.497 e. The van der Waals surface area contributed by atoms with Gasteiger partial charge in [0.25, 0.3) is 0 Å². The number of ether oxygens (including phenoxy) is 2. The number of hydrogen-bond donors (Lipinski definition) is 1. The quantitative estimate of drug-likeness (QED) is 0.851. The Labute approximate surface area is 166 Å². The Balaban J connectivity index is 1.56. The number of benzene rings is 1. The number of carbonyl (C=O) groups is 2. The fourth-order valence-electron chi connectivity index (χ4n) is 7.19. The van der Waals surface area contributed by atoms with Gasteiger partial charge < -0.3 is 14.8 Å². The van der Waals surface area contributed by atoms with Gasteiger partial charge in [-0.05, 0) is 60.8 Å². The number of fused-ring (bicyclic) bond motifs is 3. The Morgan fingerprint density at radius 1 is 1.32 bits per heavy atom. The molecule has 1 unspecified atom stereocenters. The van der Waals surface area contributed by atoms with Crippen LogP contribution in [0.3, 0.4) is 0 Å². The van der Waals surface area contributed by atoms with Crippen molar-refractivity contribution in [2.24, 2.45) is 16.7 Å². The van der Waals surface area contributed by atoms with Crippen molar-refractivity contribution >= 4 is 11.7 Å². The van der Waals surface area contributed by atoms with Gasteiger partial charge in [0.05, 0.1) is 13.2 Å². The maximum atomic E-state index is 13.1. The van der Waals surface area contributed by atoms with Crippen molar-refractivity contribution < 1.29 is 19.1 Å². The predicted octanol–water partition coefficient (Wildman–Crippen LogP) is 3.35. The first-order chi connectivity index (χ1) is 13.4. The second kappa shape index (κ2) is 6.06. The van der Waals surface area contributed by atoms with E-state index >= 15 is 0 Å². The lowest BCUT2D eigenvalue weighted by Crippen LogP contribution is -2.54. The van der Waals surface area contributed by atoms with Crippen LogP contribution in [0, 0.1) is 16.7 Å². The van der Waals surface area contributed by atoms with Crippen molar-refractivity contribution in [1.29, 1.82) is 0 Å². The summed E-state index contributed by atoms with van der Waals surface area (Å²) in [7, 11) is 1.71. The van der Waals surface area contributed by atoms with Gasteiger partial charge in [-0.2, -0.15) is 0 Å². The first kappa shape index (κ1) is 18.2. The molecule has 3 fully saturated rings. The van der Waals surface area contributed by atoms with Gasteiger partial charge in [0, 0.05) is 30.6 Å². The molecule has 1 N–H and O–H groups in total. The number of aryl methyl sites for hydroxylation is 1. The Bertz CT molecular complexity index is 851. The van der Waals surface area contributed by atoms with Gasteiger partial charge in [0.15, 0.2) is 0 Å². The van der Waals surface area contributed by atoms with Crippen molar-refractivity contribution in [3.05, 3.63) is 29.3 Å². The maximum Gasteiger partial charge on any atom is 0.218 e. The normalized spacial score (nSPS) is 40.9. The van der Waals surface area contributed by atoms with E-state index < -0.39 is 0 Å². The molecule has 1 amide bonds. The monoisotopic (exact) mass is 383 g/mol. The number of nitrogens with one attached hydrogen (secondary N) is 1. The summed E-state index contributed by atoms with van der Waals surface area (Å²) in [5.41, 5.74) is 2.31. The Hall–Kier alpha value is -1.88. The number of amides is 1. The minimum Gasteiger partial charge on any atom is -0.497 e. The molecule has 2 saturated carbocycles. The number of rotatable bonds is 2. The van der Waals surface area contributed by atoms with E-state index in [1.165, 1.54) is 18.1 Å². The summed E-state index contributed by atoms with van der Waals surface area (Å²) in [6.45, 7) is 3.71. The molecule has 0 aromatic heterocycles. The van der Waals surface area contributed by atoms with Gasteiger partial charge in [-0.15, -0.1) is 0 Å². The van der Waals surface area contributed by atoms with Crippen molar-refractivity contribution in [3.8, 4) is 5.75 Å². The Morgan fingerprint density at radius 2 is 2.14 bits per heavy atom. The van der Waals surface area contributed by atoms with E-state index in [1.54, 1.807) is 7.11 Å². The fourth-order valence-corrected chi connectivity index (χ4v) is 7.19. The topological polar surface area (TPSA) is 64.6 Å². The molecular formula is C23H29NO4. The molecule has 3 aliphatic carbocycles. The number of methoxy groups -OCH3 is 1. The summed E-state index contributed by atoms with van der Waals surface area (Å²) >= 11 is 0. The molecule has 28 heavy (non-hydrogen) atoms. The summed E-state index contributed by atoms with van der Waals surface area (Å²) < 4.78 is 11.7. The average molecular weight is 383 g/mol. The highest BCUT2D eigenvalue weighted by atomic mass is 16.5. The van der Waals surface area contributed by atoms with Crippen molar-refractivity contribution in [2.75, 3.05) is 7.11 Å². The minimum atomic E-state index is -0.337. The molecule has 5 nitrogen and oxygen atoms in total. The average Bonchev–Trinajstić information content (AvgIpc) is 3.11. The molecule has 1 heterocycles. The molecule has 1 saturated heterocycles. The van der Waals surface area contributed by atoms with Gasteiger partial charge in [-0.25, -0.2) is 0 Å². The molecule has 4 aliphatic rings. The first-order valence-corrected chi connectivity index (χ1v) is 10.5. The zero-order valence-corrected chi connectivity index (χ0v) is 16.9. The number of hydrogen-bond acceptors (Lipinski definition) is 4. The van der Waals surface area contributed by atoms with Crippen LogP contribution in [0.2, 0.25) is 0 Å². The van der Waals surface area contributed by atoms with E-state index in [9.17, 15) is 9.59 Å². The van der Waals surface area contributed by atoms with Crippen LogP contribution >= 0.6 is 0 Å².